The second kappa shape index (κ2) is 8.22. The summed E-state index contributed by atoms with van der Waals surface area (Å²) in [7, 11) is 0. The summed E-state index contributed by atoms with van der Waals surface area (Å²) in [6.07, 6.45) is 0. The number of fused-ring (bicyclic) bond motifs is 11. The Labute approximate surface area is 240 Å². The van der Waals surface area contributed by atoms with Crippen molar-refractivity contribution in [3.05, 3.63) is 127 Å². The van der Waals surface area contributed by atoms with E-state index in [-0.39, 0.29) is 17.6 Å². The second-order valence-corrected chi connectivity index (χ2v) is 10.9. The van der Waals surface area contributed by atoms with Gasteiger partial charge in [0.2, 0.25) is 5.95 Å². The van der Waals surface area contributed by atoms with Crippen LogP contribution in [-0.2, 0) is 0 Å². The first-order valence-electron chi connectivity index (χ1n) is 15.5. The highest BCUT2D eigenvalue weighted by Gasteiger charge is 2.23. The number of para-hydroxylation sites is 2. The Kier molecular flexibility index (Phi) is 3.60. The molecule has 0 amide bonds. The molecule has 0 saturated carbocycles. The lowest BCUT2D eigenvalue weighted by Gasteiger charge is -2.12. The van der Waals surface area contributed by atoms with Crippen LogP contribution in [0.5, 0.6) is 0 Å². The van der Waals surface area contributed by atoms with Crippen molar-refractivity contribution in [2.75, 3.05) is 0 Å². The molecule has 9 aromatic rings. The Morgan fingerprint density at radius 1 is 0.600 bits per heavy atom. The molecule has 0 aliphatic heterocycles. The Hall–Kier alpha value is -5.06. The number of thiophene rings is 1. The summed E-state index contributed by atoms with van der Waals surface area (Å²) in [5.74, 6) is 0.369. The van der Waals surface area contributed by atoms with Crippen molar-refractivity contribution in [3.8, 4) is 17.2 Å². The van der Waals surface area contributed by atoms with E-state index in [0.717, 1.165) is 38.0 Å². The van der Waals surface area contributed by atoms with Crippen molar-refractivity contribution in [1.29, 1.82) is 0 Å². The molecule has 9 rings (SSSR count). The van der Waals surface area contributed by atoms with E-state index in [0.29, 0.717) is 22.5 Å². The molecule has 3 nitrogen and oxygen atoms in total. The standard InChI is InChI=1S/C36H21N3S/c1-2-12-22(13-3-1)33-25-16-6-9-19-28(25)37-36(38-33)39-29-20-10-7-17-26(29)31-23-14-4-5-15-24(23)35-32(34(31)39)27-18-8-11-21-30(27)40-35/h1-21H/i1D,2D,3D,12D,13D. The number of aromatic nitrogens is 3. The zero-order valence-corrected chi connectivity index (χ0v) is 21.8. The largest absolute Gasteiger partial charge is 0.277 e. The smallest absolute Gasteiger partial charge is 0.235 e. The van der Waals surface area contributed by atoms with Crippen LogP contribution in [0.15, 0.2) is 127 Å². The second-order valence-electron chi connectivity index (χ2n) is 9.81. The molecule has 0 atom stereocenters. The molecule has 0 aliphatic carbocycles. The van der Waals surface area contributed by atoms with Crippen LogP contribution in [0, 0.1) is 0 Å². The molecule has 0 radical (unpaired) electrons. The van der Waals surface area contributed by atoms with Gasteiger partial charge in [-0.05, 0) is 23.6 Å². The molecule has 0 unspecified atom stereocenters. The van der Waals surface area contributed by atoms with Crippen molar-refractivity contribution in [3.63, 3.8) is 0 Å². The molecule has 0 bridgehead atoms. The fraction of sp³-hybridized carbons (Fsp3) is 0. The van der Waals surface area contributed by atoms with Crippen molar-refractivity contribution < 1.29 is 6.85 Å². The van der Waals surface area contributed by atoms with E-state index in [1.165, 1.54) is 14.8 Å². The van der Waals surface area contributed by atoms with E-state index in [1.54, 1.807) is 11.3 Å². The van der Waals surface area contributed by atoms with E-state index in [1.807, 2.05) is 36.4 Å². The Morgan fingerprint density at radius 2 is 1.27 bits per heavy atom. The lowest BCUT2D eigenvalue weighted by Crippen LogP contribution is -2.03. The minimum Gasteiger partial charge on any atom is -0.277 e. The molecule has 186 valence electrons. The van der Waals surface area contributed by atoms with Crippen LogP contribution in [-0.4, -0.2) is 14.5 Å². The summed E-state index contributed by atoms with van der Waals surface area (Å²) in [6.45, 7) is 0. The van der Waals surface area contributed by atoms with Crippen LogP contribution in [0.3, 0.4) is 0 Å². The SMILES string of the molecule is [2H]c1c([2H])c([2H])c(-c2nc(-n3c4ccccc4c4c5ccccc5c5sc6ccccc6c5c43)nc3ccccc23)c([2H])c1[2H]. The van der Waals surface area contributed by atoms with Gasteiger partial charge in [-0.1, -0.05) is 109 Å². The lowest BCUT2D eigenvalue weighted by molar-refractivity contribution is 1.02. The molecule has 6 aromatic carbocycles. The average Bonchev–Trinajstić information content (AvgIpc) is 3.63. The molecule has 0 N–H and O–H groups in total. The van der Waals surface area contributed by atoms with Crippen molar-refractivity contribution in [2.45, 2.75) is 0 Å². The van der Waals surface area contributed by atoms with E-state index < -0.39 is 18.1 Å². The first kappa shape index (κ1) is 17.5. The van der Waals surface area contributed by atoms with Crippen LogP contribution in [0.1, 0.15) is 6.85 Å². The minimum atomic E-state index is -0.437. The van der Waals surface area contributed by atoms with E-state index >= 15 is 0 Å². The van der Waals surface area contributed by atoms with Crippen LogP contribution in [0.2, 0.25) is 0 Å². The van der Waals surface area contributed by atoms with Gasteiger partial charge in [-0.2, -0.15) is 0 Å². The van der Waals surface area contributed by atoms with Crippen LogP contribution < -0.4 is 0 Å². The molecule has 3 aromatic heterocycles. The van der Waals surface area contributed by atoms with Crippen molar-refractivity contribution >= 4 is 75.0 Å². The third-order valence-corrected chi connectivity index (χ3v) is 8.88. The summed E-state index contributed by atoms with van der Waals surface area (Å²) >= 11 is 1.77. The minimum absolute atomic E-state index is 0.0539. The van der Waals surface area contributed by atoms with Crippen molar-refractivity contribution in [1.82, 2.24) is 14.5 Å². The molecule has 0 aliphatic rings. The normalized spacial score (nSPS) is 13.8. The van der Waals surface area contributed by atoms with Gasteiger partial charge in [0.15, 0.2) is 0 Å². The van der Waals surface area contributed by atoms with Gasteiger partial charge in [-0.15, -0.1) is 11.3 Å². The number of rotatable bonds is 2. The molecular formula is C36H21N3S. The highest BCUT2D eigenvalue weighted by atomic mass is 32.1. The Morgan fingerprint density at radius 3 is 2.12 bits per heavy atom. The number of benzene rings is 6. The van der Waals surface area contributed by atoms with Gasteiger partial charge in [0.1, 0.15) is 0 Å². The molecule has 0 spiro atoms. The maximum atomic E-state index is 8.78. The van der Waals surface area contributed by atoms with Gasteiger partial charge in [0.25, 0.3) is 0 Å². The van der Waals surface area contributed by atoms with Crippen LogP contribution >= 0.6 is 11.3 Å². The quantitative estimate of drug-likeness (QED) is 0.222. The summed E-state index contributed by atoms with van der Waals surface area (Å²) < 4.78 is 46.9. The number of hydrogen-bond donors (Lipinski definition) is 0. The summed E-state index contributed by atoms with van der Waals surface area (Å²) in [5, 5.41) is 7.33. The monoisotopic (exact) mass is 532 g/mol. The number of nitrogens with zero attached hydrogens (tertiary/aromatic N) is 3. The average molecular weight is 533 g/mol. The molecule has 40 heavy (non-hydrogen) atoms. The van der Waals surface area contributed by atoms with Gasteiger partial charge in [0.05, 0.1) is 29.1 Å². The van der Waals surface area contributed by atoms with Gasteiger partial charge in [0, 0.05) is 47.3 Å². The van der Waals surface area contributed by atoms with Gasteiger partial charge < -0.3 is 0 Å². The maximum absolute atomic E-state index is 8.78. The van der Waals surface area contributed by atoms with Gasteiger partial charge >= 0.3 is 0 Å². The van der Waals surface area contributed by atoms with Crippen LogP contribution in [0.25, 0.3) is 80.9 Å². The predicted molar refractivity (Wildman–Crippen MR) is 170 cm³/mol. The lowest BCUT2D eigenvalue weighted by atomic mass is 10.00. The van der Waals surface area contributed by atoms with E-state index in [4.69, 9.17) is 16.8 Å². The Bertz CT molecular complexity index is 2700. The predicted octanol–water partition coefficient (Wildman–Crippen LogP) is 9.91. The molecule has 4 heteroatoms. The maximum Gasteiger partial charge on any atom is 0.235 e. The van der Waals surface area contributed by atoms with E-state index in [9.17, 15) is 0 Å². The van der Waals surface area contributed by atoms with Crippen LogP contribution in [0.4, 0.5) is 0 Å². The van der Waals surface area contributed by atoms with E-state index in [2.05, 4.69) is 65.2 Å². The molecule has 3 heterocycles. The zero-order valence-electron chi connectivity index (χ0n) is 26.0. The third-order valence-electron chi connectivity index (χ3n) is 7.68. The van der Waals surface area contributed by atoms with Crippen molar-refractivity contribution in [2.24, 2.45) is 0 Å². The van der Waals surface area contributed by atoms with Gasteiger partial charge in [-0.25, -0.2) is 9.97 Å². The molecule has 0 saturated heterocycles. The zero-order chi connectivity index (χ0) is 30.6. The topological polar surface area (TPSA) is 30.7 Å². The third kappa shape index (κ3) is 2.94. The molecule has 0 fully saturated rings. The first-order chi connectivity index (χ1) is 21.9. The Balaban J connectivity index is 1.53. The first-order valence-corrected chi connectivity index (χ1v) is 13.8. The fourth-order valence-corrected chi connectivity index (χ4v) is 7.29. The molecular weight excluding hydrogens is 506 g/mol. The summed E-state index contributed by atoms with van der Waals surface area (Å²) in [4.78, 5) is 10.2. The fourth-order valence-electron chi connectivity index (χ4n) is 6.05. The summed E-state index contributed by atoms with van der Waals surface area (Å²) in [5.41, 5.74) is 2.86. The summed E-state index contributed by atoms with van der Waals surface area (Å²) in [6, 6.07) is 30.8. The van der Waals surface area contributed by atoms with Gasteiger partial charge in [-0.3, -0.25) is 4.57 Å². The number of hydrogen-bond acceptors (Lipinski definition) is 3. The highest BCUT2D eigenvalue weighted by Crippen LogP contribution is 2.47. The highest BCUT2D eigenvalue weighted by molar-refractivity contribution is 7.27.